The van der Waals surface area contributed by atoms with E-state index in [4.69, 9.17) is 7.85 Å². The monoisotopic (exact) mass is 373 g/mol. The van der Waals surface area contributed by atoms with E-state index in [2.05, 4.69) is 10.3 Å². The number of hydrogen-bond acceptors (Lipinski definition) is 2. The zero-order valence-corrected chi connectivity index (χ0v) is 15.1. The number of rotatable bonds is 1. The highest BCUT2D eigenvalue weighted by atomic mass is 19.1. The molecule has 5 nitrogen and oxygen atoms in total. The maximum Gasteiger partial charge on any atom is 0.270 e. The Balaban J connectivity index is 1.39. The van der Waals surface area contributed by atoms with E-state index in [1.165, 1.54) is 12.1 Å². The molecular formula is C21H17BFN3O2. The number of carbonyl (C=O) groups is 2. The van der Waals surface area contributed by atoms with Crippen molar-refractivity contribution in [2.24, 2.45) is 0 Å². The fourth-order valence-electron chi connectivity index (χ4n) is 4.41. The van der Waals surface area contributed by atoms with Gasteiger partial charge < -0.3 is 15.2 Å². The van der Waals surface area contributed by atoms with Gasteiger partial charge in [0.1, 0.15) is 19.4 Å². The number of halogens is 1. The van der Waals surface area contributed by atoms with Crippen molar-refractivity contribution in [2.45, 2.75) is 18.3 Å². The predicted octanol–water partition coefficient (Wildman–Crippen LogP) is 2.23. The first-order valence-electron chi connectivity index (χ1n) is 9.25. The maximum atomic E-state index is 13.4. The van der Waals surface area contributed by atoms with Gasteiger partial charge in [-0.2, -0.15) is 0 Å². The number of likely N-dealkylation sites (tertiary alicyclic amines) is 1. The molecule has 0 unspecified atom stereocenters. The average molecular weight is 373 g/mol. The fraction of sp³-hybridized carbons (Fsp3) is 0.238. The molecule has 2 amide bonds. The van der Waals surface area contributed by atoms with Crippen molar-refractivity contribution in [1.82, 2.24) is 9.88 Å². The van der Waals surface area contributed by atoms with Crippen molar-refractivity contribution in [3.05, 3.63) is 59.5 Å². The number of benzene rings is 2. The minimum atomic E-state index is -0.634. The number of piperidine rings is 1. The summed E-state index contributed by atoms with van der Waals surface area (Å²) in [5, 5.41) is 3.61. The van der Waals surface area contributed by atoms with Gasteiger partial charge >= 0.3 is 0 Å². The molecule has 0 saturated carbocycles. The summed E-state index contributed by atoms with van der Waals surface area (Å²) in [7, 11) is 5.93. The molecule has 2 aliphatic heterocycles. The van der Waals surface area contributed by atoms with Gasteiger partial charge in [0.2, 0.25) is 5.91 Å². The van der Waals surface area contributed by atoms with Crippen LogP contribution < -0.4 is 10.8 Å². The molecule has 0 atom stereocenters. The summed E-state index contributed by atoms with van der Waals surface area (Å²) >= 11 is 0. The largest absolute Gasteiger partial charge is 0.351 e. The van der Waals surface area contributed by atoms with Gasteiger partial charge in [-0.25, -0.2) is 4.39 Å². The third-order valence-electron chi connectivity index (χ3n) is 5.96. The van der Waals surface area contributed by atoms with Crippen molar-refractivity contribution in [2.75, 3.05) is 18.4 Å². The highest BCUT2D eigenvalue weighted by Crippen LogP contribution is 2.44. The standard InChI is InChI=1S/C21H17BFN3O2/c22-13-1-3-17-15(11-13)21(20(28)25-17)5-7-26(8-6-21)19(27)18-10-12-9-14(23)2-4-16(12)24-18/h1-4,9-11,24H,5-8H2,(H,25,28). The third-order valence-corrected chi connectivity index (χ3v) is 5.96. The SMILES string of the molecule is [B]c1ccc2c(c1)C1(CCN(C(=O)c3cc4cc(F)ccc4[nH]3)CC1)C(=O)N2. The van der Waals surface area contributed by atoms with Crippen LogP contribution in [0, 0.1) is 5.82 Å². The van der Waals surface area contributed by atoms with Gasteiger partial charge in [-0.1, -0.05) is 17.6 Å². The Bertz CT molecular complexity index is 1130. The number of nitrogens with zero attached hydrogens (tertiary/aromatic N) is 1. The molecule has 5 rings (SSSR count). The van der Waals surface area contributed by atoms with Crippen LogP contribution in [-0.2, 0) is 10.2 Å². The first-order chi connectivity index (χ1) is 13.5. The molecule has 0 aliphatic carbocycles. The first kappa shape index (κ1) is 17.0. The van der Waals surface area contributed by atoms with Crippen LogP contribution >= 0.6 is 0 Å². The van der Waals surface area contributed by atoms with E-state index in [9.17, 15) is 14.0 Å². The van der Waals surface area contributed by atoms with Crippen LogP contribution in [0.1, 0.15) is 28.9 Å². The Kier molecular flexibility index (Phi) is 3.63. The van der Waals surface area contributed by atoms with Gasteiger partial charge in [0.05, 0.1) is 5.41 Å². The first-order valence-corrected chi connectivity index (χ1v) is 9.25. The number of aromatic amines is 1. The number of amides is 2. The Morgan fingerprint density at radius 3 is 2.68 bits per heavy atom. The highest BCUT2D eigenvalue weighted by molar-refractivity contribution is 6.32. The molecule has 3 heterocycles. The summed E-state index contributed by atoms with van der Waals surface area (Å²) in [4.78, 5) is 30.4. The van der Waals surface area contributed by atoms with Crippen molar-refractivity contribution >= 4 is 41.7 Å². The molecule has 1 aromatic heterocycles. The van der Waals surface area contributed by atoms with Crippen LogP contribution in [0.5, 0.6) is 0 Å². The Morgan fingerprint density at radius 2 is 1.89 bits per heavy atom. The summed E-state index contributed by atoms with van der Waals surface area (Å²) < 4.78 is 13.4. The van der Waals surface area contributed by atoms with E-state index in [0.29, 0.717) is 42.5 Å². The summed E-state index contributed by atoms with van der Waals surface area (Å²) in [6.45, 7) is 0.925. The number of anilines is 1. The summed E-state index contributed by atoms with van der Waals surface area (Å²) in [6, 6.07) is 11.5. The van der Waals surface area contributed by atoms with E-state index in [0.717, 1.165) is 16.8 Å². The quantitative estimate of drug-likeness (QED) is 0.643. The zero-order chi connectivity index (χ0) is 19.5. The van der Waals surface area contributed by atoms with Crippen LogP contribution in [0.15, 0.2) is 42.5 Å². The summed E-state index contributed by atoms with van der Waals surface area (Å²) in [5.41, 5.74) is 2.86. The van der Waals surface area contributed by atoms with E-state index < -0.39 is 5.41 Å². The lowest BCUT2D eigenvalue weighted by Crippen LogP contribution is -2.48. The number of hydrogen-bond donors (Lipinski definition) is 2. The number of H-pyrrole nitrogens is 1. The molecule has 0 bridgehead atoms. The minimum Gasteiger partial charge on any atom is -0.351 e. The van der Waals surface area contributed by atoms with E-state index in [-0.39, 0.29) is 17.6 Å². The molecule has 2 aromatic carbocycles. The number of carbonyl (C=O) groups excluding carboxylic acids is 2. The highest BCUT2D eigenvalue weighted by Gasteiger charge is 2.49. The lowest BCUT2D eigenvalue weighted by molar-refractivity contribution is -0.122. The number of aromatic nitrogens is 1. The molecular weight excluding hydrogens is 356 g/mol. The van der Waals surface area contributed by atoms with Crippen molar-refractivity contribution in [1.29, 1.82) is 0 Å². The van der Waals surface area contributed by atoms with Crippen LogP contribution in [0.4, 0.5) is 10.1 Å². The second kappa shape index (κ2) is 5.96. The molecule has 1 fully saturated rings. The average Bonchev–Trinajstić information content (AvgIpc) is 3.22. The zero-order valence-electron chi connectivity index (χ0n) is 15.1. The van der Waals surface area contributed by atoms with Gasteiger partial charge in [-0.3, -0.25) is 9.59 Å². The van der Waals surface area contributed by atoms with Gasteiger partial charge in [-0.05, 0) is 48.7 Å². The van der Waals surface area contributed by atoms with E-state index in [1.54, 1.807) is 23.1 Å². The van der Waals surface area contributed by atoms with Gasteiger partial charge in [-0.15, -0.1) is 0 Å². The third kappa shape index (κ3) is 2.46. The summed E-state index contributed by atoms with van der Waals surface area (Å²) in [6.07, 6.45) is 1.08. The van der Waals surface area contributed by atoms with Crippen LogP contribution in [0.3, 0.4) is 0 Å². The smallest absolute Gasteiger partial charge is 0.270 e. The molecule has 1 spiro atoms. The van der Waals surface area contributed by atoms with Crippen LogP contribution in [0.2, 0.25) is 0 Å². The van der Waals surface area contributed by atoms with Crippen molar-refractivity contribution < 1.29 is 14.0 Å². The lowest BCUT2D eigenvalue weighted by atomic mass is 9.72. The van der Waals surface area contributed by atoms with E-state index in [1.807, 2.05) is 12.1 Å². The fourth-order valence-corrected chi connectivity index (χ4v) is 4.41. The Morgan fingerprint density at radius 1 is 1.11 bits per heavy atom. The topological polar surface area (TPSA) is 65.2 Å². The van der Waals surface area contributed by atoms with E-state index >= 15 is 0 Å². The van der Waals surface area contributed by atoms with Gasteiger partial charge in [0.25, 0.3) is 5.91 Å². The molecule has 138 valence electrons. The van der Waals surface area contributed by atoms with Crippen molar-refractivity contribution in [3.63, 3.8) is 0 Å². The Labute approximate surface area is 162 Å². The lowest BCUT2D eigenvalue weighted by Gasteiger charge is -2.38. The molecule has 28 heavy (non-hydrogen) atoms. The van der Waals surface area contributed by atoms with Crippen LogP contribution in [0.25, 0.3) is 10.9 Å². The summed E-state index contributed by atoms with van der Waals surface area (Å²) in [5.74, 6) is -0.505. The second-order valence-corrected chi connectivity index (χ2v) is 7.55. The molecule has 2 radical (unpaired) electrons. The van der Waals surface area contributed by atoms with Crippen molar-refractivity contribution in [3.8, 4) is 0 Å². The molecule has 7 heteroatoms. The molecule has 1 saturated heterocycles. The van der Waals surface area contributed by atoms with Crippen LogP contribution in [-0.4, -0.2) is 42.6 Å². The normalized spacial score (nSPS) is 17.8. The predicted molar refractivity (Wildman–Crippen MR) is 106 cm³/mol. The van der Waals surface area contributed by atoms with Gasteiger partial charge in [0, 0.05) is 29.7 Å². The number of nitrogens with one attached hydrogen (secondary N) is 2. The molecule has 2 N–H and O–H groups in total. The second-order valence-electron chi connectivity index (χ2n) is 7.55. The Hall–Kier alpha value is -3.09. The molecule has 3 aromatic rings. The number of fused-ring (bicyclic) bond motifs is 3. The minimum absolute atomic E-state index is 0.0266. The van der Waals surface area contributed by atoms with Gasteiger partial charge in [0.15, 0.2) is 0 Å². The molecule has 2 aliphatic rings. The maximum absolute atomic E-state index is 13.4.